The predicted molar refractivity (Wildman–Crippen MR) is 252 cm³/mol. The normalized spacial score (nSPS) is 24.7. The smallest absolute Gasteiger partial charge is 0.407 e. The molecule has 8 rings (SSSR count). The SMILES string of the molecule is C.CC(=O)OC1[C@H](OCCNC(=O)OCC2c3ccccc3-c3ccccc32)OC(C)[C@@H](C)[C@@H]1C.O=C=O.O=COC1O[C@@H](OCCNC(=O)OCC2c3ccccc3-c3ccccc32)C(O)[C@@H](O)[C@@H]1O. The van der Waals surface area contributed by atoms with Gasteiger partial charge < -0.3 is 63.8 Å². The second kappa shape index (κ2) is 26.6. The van der Waals surface area contributed by atoms with Crippen molar-refractivity contribution in [2.24, 2.45) is 11.8 Å². The summed E-state index contributed by atoms with van der Waals surface area (Å²) >= 11 is 0. The van der Waals surface area contributed by atoms with Crippen molar-refractivity contribution in [2.45, 2.75) is 96.3 Å². The van der Waals surface area contributed by atoms with Crippen LogP contribution in [0.2, 0.25) is 0 Å². The first kappa shape index (κ1) is 55.4. The molecule has 19 heteroatoms. The third-order valence-electron chi connectivity index (χ3n) is 12.7. The van der Waals surface area contributed by atoms with Gasteiger partial charge in [0.05, 0.1) is 19.3 Å². The van der Waals surface area contributed by atoms with Gasteiger partial charge in [-0.05, 0) is 57.3 Å². The molecule has 19 nitrogen and oxygen atoms in total. The van der Waals surface area contributed by atoms with Crippen LogP contribution in [0.25, 0.3) is 22.3 Å². The highest BCUT2D eigenvalue weighted by Gasteiger charge is 2.46. The number of carbonyl (C=O) groups excluding carboxylic acids is 6. The van der Waals surface area contributed by atoms with Crippen molar-refractivity contribution in [1.29, 1.82) is 0 Å². The Labute approximate surface area is 411 Å². The molecular formula is C52H62N2O17. The minimum Gasteiger partial charge on any atom is -0.457 e. The number of hydrogen-bond acceptors (Lipinski definition) is 17. The van der Waals surface area contributed by atoms with Gasteiger partial charge in [-0.25, -0.2) is 9.59 Å². The number of aliphatic hydroxyl groups is 3. The zero-order chi connectivity index (χ0) is 50.3. The maximum atomic E-state index is 12.3. The molecule has 382 valence electrons. The molecule has 10 atom stereocenters. The number of esters is 1. The van der Waals surface area contributed by atoms with E-state index in [-0.39, 0.29) is 95.3 Å². The van der Waals surface area contributed by atoms with E-state index < -0.39 is 55.5 Å². The van der Waals surface area contributed by atoms with Gasteiger partial charge in [-0.1, -0.05) is 118 Å². The number of alkyl carbamates (subject to hydrolysis) is 2. The summed E-state index contributed by atoms with van der Waals surface area (Å²) in [6, 6.07) is 32.5. The second-order valence-corrected chi connectivity index (χ2v) is 16.9. The van der Waals surface area contributed by atoms with E-state index in [1.165, 1.54) is 29.2 Å². The van der Waals surface area contributed by atoms with Crippen molar-refractivity contribution < 1.29 is 82.0 Å². The largest absolute Gasteiger partial charge is 0.457 e. The summed E-state index contributed by atoms with van der Waals surface area (Å²) in [4.78, 5) is 62.8. The van der Waals surface area contributed by atoms with Crippen LogP contribution in [0.3, 0.4) is 0 Å². The number of aliphatic hydroxyl groups excluding tert-OH is 3. The average molecular weight is 987 g/mol. The molecule has 2 heterocycles. The fraction of sp³-hybridized carbons (Fsp3) is 0.442. The van der Waals surface area contributed by atoms with Crippen LogP contribution in [0.5, 0.6) is 0 Å². The van der Waals surface area contributed by atoms with Gasteiger partial charge in [-0.3, -0.25) is 9.59 Å². The predicted octanol–water partition coefficient (Wildman–Crippen LogP) is 5.02. The standard InChI is InChI=1S/C27H33NO6.C23H25NO9.CO2.CH4/c1-16-17(2)25(34-19(4)29)26(33-18(16)3)31-14-13-28-27(30)32-15-24-22-11-7-5-9-20(22)21-10-6-8-12-23(21)24;25-12-32-22-20(28)18(26)19(27)21(33-22)30-10-9-24-23(29)31-11-17-15-7-3-1-5-13(15)14-6-2-4-8-16(14)17;2-1-3;/h5-12,16-18,24-26H,13-15H2,1-4H3,(H,28,30);1-8,12,17-22,26-28H,9-11H2,(H,24,29);;1H4/t16-,17-,18?,25?,26+;18-,19?,20+,21-,22?;;/m01../s1. The van der Waals surface area contributed by atoms with Crippen molar-refractivity contribution in [2.75, 3.05) is 39.5 Å². The van der Waals surface area contributed by atoms with E-state index in [0.717, 1.165) is 22.3 Å². The summed E-state index contributed by atoms with van der Waals surface area (Å²) in [6.45, 7) is 8.33. The van der Waals surface area contributed by atoms with Crippen LogP contribution >= 0.6 is 0 Å². The van der Waals surface area contributed by atoms with E-state index in [0.29, 0.717) is 0 Å². The molecule has 0 radical (unpaired) electrons. The Morgan fingerprint density at radius 3 is 1.41 bits per heavy atom. The molecule has 71 heavy (non-hydrogen) atoms. The molecule has 0 spiro atoms. The Hall–Kier alpha value is -6.54. The van der Waals surface area contributed by atoms with E-state index in [4.69, 9.17) is 42.7 Å². The molecule has 2 amide bonds. The maximum absolute atomic E-state index is 12.3. The van der Waals surface area contributed by atoms with Crippen LogP contribution in [-0.4, -0.2) is 135 Å². The minimum absolute atomic E-state index is 0. The lowest BCUT2D eigenvalue weighted by Crippen LogP contribution is -2.59. The van der Waals surface area contributed by atoms with Crippen LogP contribution in [0.1, 0.15) is 69.2 Å². The van der Waals surface area contributed by atoms with Gasteiger partial charge in [0.25, 0.3) is 6.47 Å². The number of carbonyl (C=O) groups is 4. The lowest BCUT2D eigenvalue weighted by Gasteiger charge is -2.42. The topological polar surface area (TPSA) is 261 Å². The van der Waals surface area contributed by atoms with Crippen LogP contribution in [0, 0.1) is 11.8 Å². The quantitative estimate of drug-likeness (QED) is 0.0453. The van der Waals surface area contributed by atoms with Gasteiger partial charge >= 0.3 is 24.3 Å². The number of amides is 2. The van der Waals surface area contributed by atoms with Crippen molar-refractivity contribution in [1.82, 2.24) is 10.6 Å². The average Bonchev–Trinajstić information content (AvgIpc) is 3.86. The molecule has 2 fully saturated rings. The van der Waals surface area contributed by atoms with E-state index in [9.17, 15) is 34.5 Å². The molecule has 2 aliphatic heterocycles. The summed E-state index contributed by atoms with van der Waals surface area (Å²) in [5.74, 6) is -0.101. The summed E-state index contributed by atoms with van der Waals surface area (Å²) < 4.78 is 43.2. The summed E-state index contributed by atoms with van der Waals surface area (Å²) in [5.41, 5.74) is 9.18. The molecule has 0 aromatic heterocycles. The maximum Gasteiger partial charge on any atom is 0.407 e. The highest BCUT2D eigenvalue weighted by molar-refractivity contribution is 5.80. The zero-order valence-corrected chi connectivity index (χ0v) is 39.0. The first-order valence-electron chi connectivity index (χ1n) is 22.8. The number of ether oxygens (including phenoxy) is 8. The second-order valence-electron chi connectivity index (χ2n) is 16.9. The Balaban J connectivity index is 0.000000247. The van der Waals surface area contributed by atoms with E-state index in [1.807, 2.05) is 86.6 Å². The van der Waals surface area contributed by atoms with Crippen molar-refractivity contribution >= 4 is 30.8 Å². The highest BCUT2D eigenvalue weighted by atomic mass is 16.8. The molecule has 4 aromatic rings. The number of fused-ring (bicyclic) bond motifs is 6. The highest BCUT2D eigenvalue weighted by Crippen LogP contribution is 2.46. The zero-order valence-electron chi connectivity index (χ0n) is 39.0. The van der Waals surface area contributed by atoms with E-state index in [1.54, 1.807) is 0 Å². The van der Waals surface area contributed by atoms with Crippen molar-refractivity contribution in [3.63, 3.8) is 0 Å². The molecule has 0 saturated carbocycles. The fourth-order valence-electron chi connectivity index (χ4n) is 8.95. The van der Waals surface area contributed by atoms with Crippen LogP contribution in [0.15, 0.2) is 97.1 Å². The molecular weight excluding hydrogens is 925 g/mol. The third kappa shape index (κ3) is 13.7. The Bertz CT molecular complexity index is 2340. The molecule has 4 aromatic carbocycles. The summed E-state index contributed by atoms with van der Waals surface area (Å²) in [7, 11) is 0. The Morgan fingerprint density at radius 1 is 0.606 bits per heavy atom. The van der Waals surface area contributed by atoms with Crippen LogP contribution in [-0.2, 0) is 57.1 Å². The molecule has 2 saturated heterocycles. The first-order chi connectivity index (χ1) is 33.8. The number of nitrogens with one attached hydrogen (secondary N) is 2. The number of hydrogen-bond donors (Lipinski definition) is 5. The molecule has 4 unspecified atom stereocenters. The lowest BCUT2D eigenvalue weighted by molar-refractivity contribution is -0.339. The van der Waals surface area contributed by atoms with Gasteiger partial charge in [-0.2, -0.15) is 9.59 Å². The summed E-state index contributed by atoms with van der Waals surface area (Å²) in [5, 5.41) is 34.8. The Morgan fingerprint density at radius 2 is 1.00 bits per heavy atom. The third-order valence-corrected chi connectivity index (χ3v) is 12.7. The molecule has 5 N–H and O–H groups in total. The minimum atomic E-state index is -1.64. The van der Waals surface area contributed by atoms with Gasteiger partial charge in [0.2, 0.25) is 6.29 Å². The number of benzene rings is 4. The Kier molecular flexibility index (Phi) is 20.8. The van der Waals surface area contributed by atoms with Crippen molar-refractivity contribution in [3.8, 4) is 22.3 Å². The van der Waals surface area contributed by atoms with Gasteiger partial charge in [0.1, 0.15) is 31.5 Å². The van der Waals surface area contributed by atoms with Crippen LogP contribution in [0.4, 0.5) is 9.59 Å². The summed E-state index contributed by atoms with van der Waals surface area (Å²) in [6.07, 6.45) is -9.74. The van der Waals surface area contributed by atoms with Crippen molar-refractivity contribution in [3.05, 3.63) is 119 Å². The molecule has 2 aliphatic carbocycles. The van der Waals surface area contributed by atoms with E-state index >= 15 is 0 Å². The number of rotatable bonds is 15. The fourth-order valence-corrected chi connectivity index (χ4v) is 8.95. The van der Waals surface area contributed by atoms with E-state index in [2.05, 4.69) is 46.6 Å². The lowest BCUT2D eigenvalue weighted by atomic mass is 9.84. The first-order valence-corrected chi connectivity index (χ1v) is 22.8. The van der Waals surface area contributed by atoms with Crippen LogP contribution < -0.4 is 10.6 Å². The monoisotopic (exact) mass is 986 g/mol. The molecule has 4 aliphatic rings. The van der Waals surface area contributed by atoms with Gasteiger partial charge in [0, 0.05) is 37.8 Å². The van der Waals surface area contributed by atoms with Gasteiger partial charge in [-0.15, -0.1) is 0 Å². The molecule has 0 bridgehead atoms. The van der Waals surface area contributed by atoms with Gasteiger partial charge in [0.15, 0.2) is 18.7 Å².